The molecule has 0 fully saturated rings. The largest absolute Gasteiger partial charge is 0.481 e. The first-order valence-electron chi connectivity index (χ1n) is 5.19. The molecule has 0 amide bonds. The van der Waals surface area contributed by atoms with Crippen LogP contribution in [0.2, 0.25) is 0 Å². The topological polar surface area (TPSA) is 68.0 Å². The van der Waals surface area contributed by atoms with Gasteiger partial charge in [0.2, 0.25) is 0 Å². The number of aromatic nitrogens is 3. The number of aliphatic carboxylic acids is 1. The van der Waals surface area contributed by atoms with Crippen molar-refractivity contribution in [3.05, 3.63) is 28.5 Å². The Morgan fingerprint density at radius 2 is 2.26 bits per heavy atom. The Hall–Kier alpha value is -1.41. The second-order valence-corrected chi connectivity index (χ2v) is 5.38. The van der Waals surface area contributed by atoms with Crippen LogP contribution in [-0.2, 0) is 11.8 Å². The summed E-state index contributed by atoms with van der Waals surface area (Å²) in [5.74, 6) is -0.947. The van der Waals surface area contributed by atoms with Gasteiger partial charge in [-0.25, -0.2) is 4.39 Å². The third-order valence-electron chi connectivity index (χ3n) is 2.35. The van der Waals surface area contributed by atoms with Gasteiger partial charge in [0, 0.05) is 12.6 Å². The minimum atomic E-state index is -0.929. The summed E-state index contributed by atoms with van der Waals surface area (Å²) in [5, 5.41) is 17.0. The van der Waals surface area contributed by atoms with E-state index in [1.165, 1.54) is 6.07 Å². The molecule has 0 aliphatic rings. The van der Waals surface area contributed by atoms with Gasteiger partial charge in [-0.3, -0.25) is 4.79 Å². The van der Waals surface area contributed by atoms with Crippen molar-refractivity contribution >= 4 is 33.7 Å². The lowest BCUT2D eigenvalue weighted by atomic mass is 10.2. The average Bonchev–Trinajstić information content (AvgIpc) is 2.72. The van der Waals surface area contributed by atoms with E-state index in [0.29, 0.717) is 21.0 Å². The van der Waals surface area contributed by atoms with Crippen LogP contribution in [0.3, 0.4) is 0 Å². The Morgan fingerprint density at radius 3 is 2.95 bits per heavy atom. The molecule has 0 bridgehead atoms. The maximum atomic E-state index is 13.5. The first-order chi connectivity index (χ1) is 9.00. The van der Waals surface area contributed by atoms with Crippen LogP contribution in [0.4, 0.5) is 4.39 Å². The van der Waals surface area contributed by atoms with Crippen molar-refractivity contribution in [1.82, 2.24) is 14.8 Å². The molecule has 0 saturated heterocycles. The summed E-state index contributed by atoms with van der Waals surface area (Å²) in [7, 11) is 1.71. The van der Waals surface area contributed by atoms with Crippen LogP contribution in [0.5, 0.6) is 0 Å². The number of hydrogen-bond donors (Lipinski definition) is 1. The van der Waals surface area contributed by atoms with Gasteiger partial charge in [-0.05, 0) is 28.1 Å². The second kappa shape index (κ2) is 5.70. The van der Waals surface area contributed by atoms with Crippen LogP contribution < -0.4 is 0 Å². The SMILES string of the molecule is Cn1c(SCC(=O)O)nnc1-c1cccc(F)c1Br. The van der Waals surface area contributed by atoms with Gasteiger partial charge in [-0.2, -0.15) is 0 Å². The summed E-state index contributed by atoms with van der Waals surface area (Å²) in [5.41, 5.74) is 0.567. The first-order valence-corrected chi connectivity index (χ1v) is 6.97. The third kappa shape index (κ3) is 2.95. The molecule has 8 heteroatoms. The van der Waals surface area contributed by atoms with Crippen LogP contribution in [0.15, 0.2) is 27.8 Å². The highest BCUT2D eigenvalue weighted by Gasteiger charge is 2.16. The molecular weight excluding hydrogens is 337 g/mol. The number of carbonyl (C=O) groups is 1. The number of benzene rings is 1. The predicted molar refractivity (Wildman–Crippen MR) is 72.5 cm³/mol. The summed E-state index contributed by atoms with van der Waals surface area (Å²) < 4.78 is 15.4. The van der Waals surface area contributed by atoms with Gasteiger partial charge < -0.3 is 9.67 Å². The third-order valence-corrected chi connectivity index (χ3v) is 4.16. The second-order valence-electron chi connectivity index (χ2n) is 3.65. The van der Waals surface area contributed by atoms with Crippen molar-refractivity contribution < 1.29 is 14.3 Å². The normalized spacial score (nSPS) is 10.7. The summed E-state index contributed by atoms with van der Waals surface area (Å²) in [6, 6.07) is 4.63. The minimum Gasteiger partial charge on any atom is -0.481 e. The average molecular weight is 346 g/mol. The van der Waals surface area contributed by atoms with Crippen LogP contribution in [0.1, 0.15) is 0 Å². The van der Waals surface area contributed by atoms with E-state index < -0.39 is 5.97 Å². The van der Waals surface area contributed by atoms with E-state index in [1.54, 1.807) is 23.7 Å². The Bertz CT molecular complexity index is 632. The number of carboxylic acids is 1. The summed E-state index contributed by atoms with van der Waals surface area (Å²) >= 11 is 4.23. The molecule has 0 saturated carbocycles. The van der Waals surface area contributed by atoms with Gasteiger partial charge in [0.25, 0.3) is 0 Å². The molecule has 2 rings (SSSR count). The molecule has 1 aromatic heterocycles. The molecule has 0 radical (unpaired) electrons. The van der Waals surface area contributed by atoms with Crippen molar-refractivity contribution in [2.24, 2.45) is 7.05 Å². The zero-order chi connectivity index (χ0) is 14.0. The van der Waals surface area contributed by atoms with Crippen LogP contribution in [-0.4, -0.2) is 31.6 Å². The number of rotatable bonds is 4. The molecule has 1 aromatic carbocycles. The standard InChI is InChI=1S/C11H9BrFN3O2S/c1-16-10(6-3-2-4-7(13)9(6)12)14-15-11(16)19-5-8(17)18/h2-4H,5H2,1H3,(H,17,18). The molecule has 5 nitrogen and oxygen atoms in total. The Labute approximate surface area is 121 Å². The van der Waals surface area contributed by atoms with Crippen molar-refractivity contribution in [3.63, 3.8) is 0 Å². The van der Waals surface area contributed by atoms with Gasteiger partial charge in [0.1, 0.15) is 5.82 Å². The van der Waals surface area contributed by atoms with Crippen LogP contribution >= 0.6 is 27.7 Å². The molecule has 1 heterocycles. The number of carboxylic acid groups (broad SMARTS) is 1. The van der Waals surface area contributed by atoms with Gasteiger partial charge in [-0.15, -0.1) is 10.2 Å². The van der Waals surface area contributed by atoms with Gasteiger partial charge in [0.15, 0.2) is 11.0 Å². The number of hydrogen-bond acceptors (Lipinski definition) is 4. The van der Waals surface area contributed by atoms with Crippen molar-refractivity contribution in [2.45, 2.75) is 5.16 Å². The molecule has 0 aliphatic heterocycles. The lowest BCUT2D eigenvalue weighted by Crippen LogP contribution is -2.01. The molecule has 0 unspecified atom stereocenters. The molecule has 0 aliphatic carbocycles. The van der Waals surface area contributed by atoms with E-state index in [9.17, 15) is 9.18 Å². The smallest absolute Gasteiger partial charge is 0.313 e. The fraction of sp³-hybridized carbons (Fsp3) is 0.182. The lowest BCUT2D eigenvalue weighted by molar-refractivity contribution is -0.133. The van der Waals surface area contributed by atoms with E-state index in [4.69, 9.17) is 5.11 Å². The van der Waals surface area contributed by atoms with E-state index >= 15 is 0 Å². The Kier molecular flexibility index (Phi) is 4.20. The van der Waals surface area contributed by atoms with Crippen molar-refractivity contribution in [1.29, 1.82) is 0 Å². The molecule has 0 atom stereocenters. The van der Waals surface area contributed by atoms with Gasteiger partial charge in [0.05, 0.1) is 10.2 Å². The zero-order valence-electron chi connectivity index (χ0n) is 9.80. The minimum absolute atomic E-state index is 0.101. The zero-order valence-corrected chi connectivity index (χ0v) is 12.2. The first kappa shape index (κ1) is 14.0. The Balaban J connectivity index is 2.36. The van der Waals surface area contributed by atoms with Crippen molar-refractivity contribution in [3.8, 4) is 11.4 Å². The molecular formula is C11H9BrFN3O2S. The molecule has 0 spiro atoms. The summed E-state index contributed by atoms with van der Waals surface area (Å²) in [4.78, 5) is 10.5. The van der Waals surface area contributed by atoms with Crippen molar-refractivity contribution in [2.75, 3.05) is 5.75 Å². The molecule has 1 N–H and O–H groups in total. The van der Waals surface area contributed by atoms with Crippen LogP contribution in [0, 0.1) is 5.82 Å². The summed E-state index contributed by atoms with van der Waals surface area (Å²) in [6.07, 6.45) is 0. The van der Waals surface area contributed by atoms with E-state index in [2.05, 4.69) is 26.1 Å². The molecule has 19 heavy (non-hydrogen) atoms. The fourth-order valence-electron chi connectivity index (χ4n) is 1.48. The van der Waals surface area contributed by atoms with E-state index in [0.717, 1.165) is 11.8 Å². The van der Waals surface area contributed by atoms with Gasteiger partial charge >= 0.3 is 5.97 Å². The monoisotopic (exact) mass is 345 g/mol. The molecule has 100 valence electrons. The Morgan fingerprint density at radius 1 is 1.53 bits per heavy atom. The highest BCUT2D eigenvalue weighted by atomic mass is 79.9. The predicted octanol–water partition coefficient (Wildman–Crippen LogP) is 2.56. The maximum Gasteiger partial charge on any atom is 0.313 e. The summed E-state index contributed by atoms with van der Waals surface area (Å²) in [6.45, 7) is 0. The number of halogens is 2. The highest BCUT2D eigenvalue weighted by molar-refractivity contribution is 9.10. The number of thioether (sulfide) groups is 1. The van der Waals surface area contributed by atoms with E-state index in [-0.39, 0.29) is 11.6 Å². The fourth-order valence-corrected chi connectivity index (χ4v) is 2.55. The van der Waals surface area contributed by atoms with Gasteiger partial charge in [-0.1, -0.05) is 17.8 Å². The maximum absolute atomic E-state index is 13.5. The van der Waals surface area contributed by atoms with E-state index in [1.807, 2.05) is 0 Å². The van der Waals surface area contributed by atoms with Crippen LogP contribution in [0.25, 0.3) is 11.4 Å². The lowest BCUT2D eigenvalue weighted by Gasteiger charge is -2.05. The number of nitrogens with zero attached hydrogens (tertiary/aromatic N) is 3. The quantitative estimate of drug-likeness (QED) is 0.862. The molecule has 2 aromatic rings. The highest BCUT2D eigenvalue weighted by Crippen LogP contribution is 2.30.